The molecule has 1 aliphatic heterocycles. The average Bonchev–Trinajstić information content (AvgIpc) is 3.33. The topological polar surface area (TPSA) is 128 Å². The van der Waals surface area contributed by atoms with E-state index >= 15 is 0 Å². The van der Waals surface area contributed by atoms with Gasteiger partial charge in [0.1, 0.15) is 16.8 Å². The maximum Gasteiger partial charge on any atom is 0.410 e. The Morgan fingerprint density at radius 1 is 1.30 bits per heavy atom. The lowest BCUT2D eigenvalue weighted by Crippen LogP contribution is -2.41. The van der Waals surface area contributed by atoms with Crippen LogP contribution in [0.15, 0.2) is 15.4 Å². The molecule has 3 aromatic heterocycles. The smallest absolute Gasteiger partial charge is 0.410 e. The van der Waals surface area contributed by atoms with Crippen molar-refractivity contribution in [1.82, 2.24) is 29.6 Å². The van der Waals surface area contributed by atoms with Gasteiger partial charge >= 0.3 is 6.09 Å². The highest BCUT2D eigenvalue weighted by molar-refractivity contribution is 5.74. The Bertz CT molecular complexity index is 1200. The summed E-state index contributed by atoms with van der Waals surface area (Å²) in [7, 11) is 1.61. The van der Waals surface area contributed by atoms with E-state index in [4.69, 9.17) is 14.0 Å². The fourth-order valence-corrected chi connectivity index (χ4v) is 4.06. The highest BCUT2D eigenvalue weighted by Gasteiger charge is 2.30. The molecule has 1 aliphatic rings. The molecular weight excluding hydrogens is 428 g/mol. The van der Waals surface area contributed by atoms with Gasteiger partial charge in [0.25, 0.3) is 11.4 Å². The van der Waals surface area contributed by atoms with Crippen molar-refractivity contribution in [3.8, 4) is 11.5 Å². The van der Waals surface area contributed by atoms with Gasteiger partial charge in [0.05, 0.1) is 18.0 Å². The van der Waals surface area contributed by atoms with Crippen molar-refractivity contribution in [3.63, 3.8) is 0 Å². The number of carbonyl (C=O) groups is 1. The number of methoxy groups -OCH3 is 1. The molecule has 4 heterocycles. The second-order valence-electron chi connectivity index (χ2n) is 9.28. The number of hydrogen-bond donors (Lipinski definition) is 1. The van der Waals surface area contributed by atoms with Gasteiger partial charge in [-0.2, -0.15) is 10.1 Å². The van der Waals surface area contributed by atoms with Gasteiger partial charge in [0.2, 0.25) is 0 Å². The Morgan fingerprint density at radius 3 is 2.70 bits per heavy atom. The number of piperidine rings is 1. The quantitative estimate of drug-likeness (QED) is 0.618. The van der Waals surface area contributed by atoms with Crippen LogP contribution >= 0.6 is 0 Å². The van der Waals surface area contributed by atoms with E-state index in [1.54, 1.807) is 22.6 Å². The lowest BCUT2D eigenvalue weighted by atomic mass is 9.93. The van der Waals surface area contributed by atoms with E-state index in [2.05, 4.69) is 20.2 Å². The Kier molecular flexibility index (Phi) is 6.24. The molecule has 1 saturated heterocycles. The molecule has 3 aromatic rings. The Hall–Kier alpha value is -3.21. The third-order valence-corrected chi connectivity index (χ3v) is 5.60. The van der Waals surface area contributed by atoms with Gasteiger partial charge in [0, 0.05) is 38.6 Å². The van der Waals surface area contributed by atoms with Crippen LogP contribution in [-0.4, -0.2) is 68.1 Å². The van der Waals surface area contributed by atoms with Crippen molar-refractivity contribution in [1.29, 1.82) is 0 Å². The summed E-state index contributed by atoms with van der Waals surface area (Å²) < 4.78 is 17.8. The highest BCUT2D eigenvalue weighted by Crippen LogP contribution is 2.31. The van der Waals surface area contributed by atoms with Gasteiger partial charge < -0.3 is 23.9 Å². The maximum atomic E-state index is 12.6. The first kappa shape index (κ1) is 23.0. The van der Waals surface area contributed by atoms with Gasteiger partial charge in [-0.25, -0.2) is 9.31 Å². The molecule has 11 nitrogen and oxygen atoms in total. The molecule has 178 valence electrons. The standard InChI is InChI=1S/C22H30N6O5/c1-13-18(20-23-16(26-33-20)8-11-31-5)19-24-17(29)12-15(28(19)25-13)14-6-9-27(10-7-14)21(30)32-22(2,3)4/h12,14H,6-11H2,1-5H3,(H,24,29). The van der Waals surface area contributed by atoms with Crippen molar-refractivity contribution in [2.75, 3.05) is 26.8 Å². The van der Waals surface area contributed by atoms with Crippen LogP contribution in [0.5, 0.6) is 0 Å². The predicted octanol–water partition coefficient (Wildman–Crippen LogP) is 2.68. The molecule has 0 atom stereocenters. The number of hydrogen-bond acceptors (Lipinski definition) is 8. The van der Waals surface area contributed by atoms with Crippen molar-refractivity contribution >= 4 is 11.7 Å². The Morgan fingerprint density at radius 2 is 2.03 bits per heavy atom. The van der Waals surface area contributed by atoms with E-state index in [1.165, 1.54) is 0 Å². The molecule has 11 heteroatoms. The molecule has 1 N–H and O–H groups in total. The molecular formula is C22H30N6O5. The third kappa shape index (κ3) is 4.92. The second kappa shape index (κ2) is 8.97. The SMILES string of the molecule is COCCc1noc(-c2c(C)nn3c(C4CCN(C(=O)OC(C)(C)C)CC4)cc(=O)[nH]c23)n1. The van der Waals surface area contributed by atoms with E-state index in [9.17, 15) is 9.59 Å². The summed E-state index contributed by atoms with van der Waals surface area (Å²) in [6.07, 6.45) is 1.62. The fourth-order valence-electron chi connectivity index (χ4n) is 4.06. The predicted molar refractivity (Wildman–Crippen MR) is 119 cm³/mol. The number of aromatic amines is 1. The molecule has 0 aliphatic carbocycles. The first-order chi connectivity index (χ1) is 15.7. The van der Waals surface area contributed by atoms with Gasteiger partial charge in [-0.15, -0.1) is 0 Å². The summed E-state index contributed by atoms with van der Waals surface area (Å²) in [6.45, 7) is 8.98. The fraction of sp³-hybridized carbons (Fsp3) is 0.591. The number of nitrogens with one attached hydrogen (secondary N) is 1. The number of rotatable bonds is 5. The average molecular weight is 459 g/mol. The number of carbonyl (C=O) groups excluding carboxylic acids is 1. The third-order valence-electron chi connectivity index (χ3n) is 5.60. The maximum absolute atomic E-state index is 12.6. The molecule has 33 heavy (non-hydrogen) atoms. The first-order valence-electron chi connectivity index (χ1n) is 11.1. The molecule has 0 radical (unpaired) electrons. The summed E-state index contributed by atoms with van der Waals surface area (Å²) in [5.74, 6) is 0.903. The normalized spacial score (nSPS) is 15.4. The monoisotopic (exact) mass is 458 g/mol. The van der Waals surface area contributed by atoms with Gasteiger partial charge in [-0.05, 0) is 40.5 Å². The van der Waals surface area contributed by atoms with Crippen molar-refractivity contribution in [2.24, 2.45) is 0 Å². The molecule has 4 rings (SSSR count). The number of aromatic nitrogens is 5. The molecule has 0 spiro atoms. The van der Waals surface area contributed by atoms with E-state index in [0.29, 0.717) is 67.6 Å². The van der Waals surface area contributed by atoms with Gasteiger partial charge in [0.15, 0.2) is 5.82 Å². The van der Waals surface area contributed by atoms with E-state index in [1.807, 2.05) is 27.7 Å². The van der Waals surface area contributed by atoms with Crippen molar-refractivity contribution in [3.05, 3.63) is 33.6 Å². The van der Waals surface area contributed by atoms with E-state index in [-0.39, 0.29) is 17.6 Å². The van der Waals surface area contributed by atoms with E-state index in [0.717, 1.165) is 5.69 Å². The van der Waals surface area contributed by atoms with Crippen LogP contribution in [0.1, 0.15) is 56.7 Å². The number of fused-ring (bicyclic) bond motifs is 1. The second-order valence-corrected chi connectivity index (χ2v) is 9.28. The first-order valence-corrected chi connectivity index (χ1v) is 11.1. The summed E-state index contributed by atoms with van der Waals surface area (Å²) in [4.78, 5) is 34.0. The van der Waals surface area contributed by atoms with Crippen LogP contribution in [0.2, 0.25) is 0 Å². The van der Waals surface area contributed by atoms with Crippen LogP contribution in [-0.2, 0) is 15.9 Å². The zero-order valence-electron chi connectivity index (χ0n) is 19.7. The van der Waals surface area contributed by atoms with E-state index < -0.39 is 5.60 Å². The molecule has 0 bridgehead atoms. The van der Waals surface area contributed by atoms with Crippen LogP contribution in [0.25, 0.3) is 17.1 Å². The highest BCUT2D eigenvalue weighted by atomic mass is 16.6. The molecule has 0 unspecified atom stereocenters. The molecule has 0 aromatic carbocycles. The number of amides is 1. The van der Waals surface area contributed by atoms with Crippen molar-refractivity contribution < 1.29 is 18.8 Å². The minimum atomic E-state index is -0.534. The lowest BCUT2D eigenvalue weighted by Gasteiger charge is -2.33. The van der Waals surface area contributed by atoms with Crippen LogP contribution < -0.4 is 5.56 Å². The Labute approximate surface area is 191 Å². The van der Waals surface area contributed by atoms with Crippen LogP contribution in [0.4, 0.5) is 4.79 Å². The number of ether oxygens (including phenoxy) is 2. The number of likely N-dealkylation sites (tertiary alicyclic amines) is 1. The molecule has 0 saturated carbocycles. The number of H-pyrrole nitrogens is 1. The zero-order chi connectivity index (χ0) is 23.8. The molecule has 1 amide bonds. The minimum Gasteiger partial charge on any atom is -0.444 e. The number of nitrogens with zero attached hydrogens (tertiary/aromatic N) is 5. The summed E-state index contributed by atoms with van der Waals surface area (Å²) in [6, 6.07) is 1.58. The largest absolute Gasteiger partial charge is 0.444 e. The molecule has 1 fully saturated rings. The van der Waals surface area contributed by atoms with Crippen LogP contribution in [0, 0.1) is 6.92 Å². The van der Waals surface area contributed by atoms with Crippen molar-refractivity contribution in [2.45, 2.75) is 58.5 Å². The lowest BCUT2D eigenvalue weighted by molar-refractivity contribution is 0.0203. The zero-order valence-corrected chi connectivity index (χ0v) is 19.7. The number of aryl methyl sites for hydroxylation is 1. The summed E-state index contributed by atoms with van der Waals surface area (Å²) in [5.41, 5.74) is 1.83. The van der Waals surface area contributed by atoms with Gasteiger partial charge in [-0.3, -0.25) is 4.79 Å². The summed E-state index contributed by atoms with van der Waals surface area (Å²) >= 11 is 0. The van der Waals surface area contributed by atoms with Crippen LogP contribution in [0.3, 0.4) is 0 Å². The van der Waals surface area contributed by atoms with Gasteiger partial charge in [-0.1, -0.05) is 5.16 Å². The minimum absolute atomic E-state index is 0.0700. The summed E-state index contributed by atoms with van der Waals surface area (Å²) in [5, 5.41) is 8.67. The Balaban J connectivity index is 1.60.